The number of aliphatic hydroxyl groups excluding tert-OH is 1. The molecule has 102 valence electrons. The summed E-state index contributed by atoms with van der Waals surface area (Å²) in [7, 11) is 0. The van der Waals surface area contributed by atoms with E-state index in [0.717, 1.165) is 23.8 Å². The second-order valence-electron chi connectivity index (χ2n) is 4.01. The lowest BCUT2D eigenvalue weighted by Crippen LogP contribution is -2.25. The van der Waals surface area contributed by atoms with Gasteiger partial charge in [0.25, 0.3) is 0 Å². The predicted molar refractivity (Wildman–Crippen MR) is 68.7 cm³/mol. The molecule has 0 unspecified atom stereocenters. The van der Waals surface area contributed by atoms with Crippen molar-refractivity contribution in [1.29, 1.82) is 0 Å². The monoisotopic (exact) mass is 273 g/mol. The molecule has 0 spiro atoms. The molecule has 2 heterocycles. The Labute approximate surface area is 111 Å². The molecule has 1 aromatic rings. The molecule has 0 aliphatic carbocycles. The highest BCUT2D eigenvalue weighted by Gasteiger charge is 2.23. The highest BCUT2D eigenvalue weighted by atomic mass is 32.2. The predicted octanol–water partition coefficient (Wildman–Crippen LogP) is 0.264. The molecule has 1 fully saturated rings. The first kappa shape index (κ1) is 13.8. The zero-order chi connectivity index (χ0) is 12.8. The van der Waals surface area contributed by atoms with Crippen molar-refractivity contribution in [2.75, 3.05) is 38.4 Å². The normalized spacial score (nSPS) is 20.2. The fraction of sp³-hybridized carbons (Fsp3) is 0.818. The molecule has 0 aromatic carbocycles. The highest BCUT2D eigenvalue weighted by molar-refractivity contribution is 7.98. The lowest BCUT2D eigenvalue weighted by atomic mass is 10.3. The van der Waals surface area contributed by atoms with Crippen molar-refractivity contribution >= 4 is 11.8 Å². The molecular formula is C11H19N3O3S. The Kier molecular flexibility index (Phi) is 5.43. The van der Waals surface area contributed by atoms with E-state index in [1.807, 2.05) is 0 Å². The van der Waals surface area contributed by atoms with Gasteiger partial charge in [-0.1, -0.05) is 0 Å². The second kappa shape index (κ2) is 7.08. The molecule has 18 heavy (non-hydrogen) atoms. The lowest BCUT2D eigenvalue weighted by molar-refractivity contribution is -0.0951. The summed E-state index contributed by atoms with van der Waals surface area (Å²) in [6.07, 6.45) is 2.73. The van der Waals surface area contributed by atoms with Crippen molar-refractivity contribution in [3.05, 3.63) is 11.6 Å². The van der Waals surface area contributed by atoms with E-state index in [0.29, 0.717) is 26.4 Å². The lowest BCUT2D eigenvalue weighted by Gasteiger charge is -2.22. The third-order valence-corrected chi connectivity index (χ3v) is 3.30. The molecule has 0 bridgehead atoms. The van der Waals surface area contributed by atoms with Crippen LogP contribution < -0.4 is 0 Å². The minimum atomic E-state index is -0.166. The number of nitrogens with zero attached hydrogens (tertiary/aromatic N) is 3. The Bertz CT molecular complexity index is 366. The minimum absolute atomic E-state index is 0.0475. The Morgan fingerprint density at radius 2 is 2.39 bits per heavy atom. The van der Waals surface area contributed by atoms with Crippen LogP contribution in [0.4, 0.5) is 0 Å². The van der Waals surface area contributed by atoms with Gasteiger partial charge in [0.05, 0.1) is 33.0 Å². The van der Waals surface area contributed by atoms with Crippen molar-refractivity contribution in [2.45, 2.75) is 19.1 Å². The van der Waals surface area contributed by atoms with E-state index in [2.05, 4.69) is 16.3 Å². The van der Waals surface area contributed by atoms with Crippen LogP contribution >= 0.6 is 11.8 Å². The quantitative estimate of drug-likeness (QED) is 0.802. The van der Waals surface area contributed by atoms with Gasteiger partial charge >= 0.3 is 0 Å². The molecule has 1 atom stereocenters. The Morgan fingerprint density at radius 1 is 1.50 bits per heavy atom. The number of hydrogen-bond acceptors (Lipinski definition) is 6. The molecule has 1 aliphatic heterocycles. The minimum Gasteiger partial charge on any atom is -0.394 e. The largest absolute Gasteiger partial charge is 0.394 e. The van der Waals surface area contributed by atoms with Crippen LogP contribution in [0, 0.1) is 0 Å². The standard InChI is InChI=1S/C11H19N3O3S/c1-18-7-2-10-12-11(14(13-10)3-4-15)9-8-16-5-6-17-9/h9,15H,2-8H2,1H3/t9-/m0/s1. The summed E-state index contributed by atoms with van der Waals surface area (Å²) in [4.78, 5) is 4.51. The first-order chi connectivity index (χ1) is 8.85. The van der Waals surface area contributed by atoms with Crippen LogP contribution in [0.15, 0.2) is 0 Å². The maximum Gasteiger partial charge on any atom is 0.158 e. The molecule has 0 saturated carbocycles. The second-order valence-corrected chi connectivity index (χ2v) is 5.00. The number of rotatable bonds is 6. The topological polar surface area (TPSA) is 69.4 Å². The third kappa shape index (κ3) is 3.44. The number of ether oxygens (including phenoxy) is 2. The number of aliphatic hydroxyl groups is 1. The summed E-state index contributed by atoms with van der Waals surface area (Å²) >= 11 is 1.77. The highest BCUT2D eigenvalue weighted by Crippen LogP contribution is 2.19. The van der Waals surface area contributed by atoms with Crippen LogP contribution in [0.1, 0.15) is 17.8 Å². The van der Waals surface area contributed by atoms with Crippen molar-refractivity contribution in [2.24, 2.45) is 0 Å². The van der Waals surface area contributed by atoms with Gasteiger partial charge in [-0.25, -0.2) is 9.67 Å². The SMILES string of the molecule is CSCCc1nc([C@@H]2COCCO2)n(CCO)n1. The van der Waals surface area contributed by atoms with E-state index in [1.165, 1.54) is 0 Å². The molecule has 1 N–H and O–H groups in total. The smallest absolute Gasteiger partial charge is 0.158 e. The van der Waals surface area contributed by atoms with E-state index >= 15 is 0 Å². The summed E-state index contributed by atoms with van der Waals surface area (Å²) in [6.45, 7) is 2.21. The van der Waals surface area contributed by atoms with E-state index < -0.39 is 0 Å². The maximum absolute atomic E-state index is 9.06. The van der Waals surface area contributed by atoms with Gasteiger partial charge in [-0.15, -0.1) is 0 Å². The molecule has 1 aromatic heterocycles. The van der Waals surface area contributed by atoms with Gasteiger partial charge < -0.3 is 14.6 Å². The molecule has 6 nitrogen and oxygen atoms in total. The van der Waals surface area contributed by atoms with Crippen LogP contribution in [0.5, 0.6) is 0 Å². The van der Waals surface area contributed by atoms with Gasteiger partial charge in [-0.05, 0) is 6.26 Å². The summed E-state index contributed by atoms with van der Waals surface area (Å²) in [5.41, 5.74) is 0. The Morgan fingerprint density at radius 3 is 3.06 bits per heavy atom. The van der Waals surface area contributed by atoms with Crippen LogP contribution in [0.25, 0.3) is 0 Å². The van der Waals surface area contributed by atoms with Crippen LogP contribution in [0.2, 0.25) is 0 Å². The summed E-state index contributed by atoms with van der Waals surface area (Å²) in [5.74, 6) is 2.56. The average Bonchev–Trinajstić information content (AvgIpc) is 2.81. The Balaban J connectivity index is 2.11. The van der Waals surface area contributed by atoms with Gasteiger partial charge in [-0.3, -0.25) is 0 Å². The zero-order valence-electron chi connectivity index (χ0n) is 10.5. The van der Waals surface area contributed by atoms with Gasteiger partial charge in [0.2, 0.25) is 0 Å². The van der Waals surface area contributed by atoms with Gasteiger partial charge in [0, 0.05) is 12.2 Å². The van der Waals surface area contributed by atoms with Crippen LogP contribution in [-0.4, -0.2) is 58.3 Å². The Hall–Kier alpha value is -0.630. The van der Waals surface area contributed by atoms with E-state index in [-0.39, 0.29) is 12.7 Å². The first-order valence-corrected chi connectivity index (χ1v) is 7.47. The fourth-order valence-electron chi connectivity index (χ4n) is 1.84. The van der Waals surface area contributed by atoms with Gasteiger partial charge in [-0.2, -0.15) is 16.9 Å². The molecule has 1 aliphatic rings. The van der Waals surface area contributed by atoms with Crippen LogP contribution in [-0.2, 0) is 22.4 Å². The number of aromatic nitrogens is 3. The van der Waals surface area contributed by atoms with Crippen molar-refractivity contribution in [3.63, 3.8) is 0 Å². The van der Waals surface area contributed by atoms with E-state index in [4.69, 9.17) is 14.6 Å². The third-order valence-electron chi connectivity index (χ3n) is 2.69. The summed E-state index contributed by atoms with van der Waals surface area (Å²) in [6, 6.07) is 0. The number of hydrogen-bond donors (Lipinski definition) is 1. The van der Waals surface area contributed by atoms with E-state index in [9.17, 15) is 0 Å². The number of aryl methyl sites for hydroxylation is 1. The molecule has 7 heteroatoms. The molecule has 0 radical (unpaired) electrons. The molecule has 0 amide bonds. The van der Waals surface area contributed by atoms with Gasteiger partial charge in [0.1, 0.15) is 6.10 Å². The zero-order valence-corrected chi connectivity index (χ0v) is 11.4. The first-order valence-electron chi connectivity index (χ1n) is 6.08. The maximum atomic E-state index is 9.06. The van der Waals surface area contributed by atoms with Crippen molar-refractivity contribution < 1.29 is 14.6 Å². The van der Waals surface area contributed by atoms with Crippen molar-refractivity contribution in [3.8, 4) is 0 Å². The molecule has 2 rings (SSSR count). The summed E-state index contributed by atoms with van der Waals surface area (Å²) < 4.78 is 12.8. The van der Waals surface area contributed by atoms with E-state index in [1.54, 1.807) is 16.4 Å². The van der Waals surface area contributed by atoms with Crippen molar-refractivity contribution in [1.82, 2.24) is 14.8 Å². The fourth-order valence-corrected chi connectivity index (χ4v) is 2.22. The van der Waals surface area contributed by atoms with Crippen LogP contribution in [0.3, 0.4) is 0 Å². The average molecular weight is 273 g/mol. The molecular weight excluding hydrogens is 254 g/mol. The van der Waals surface area contributed by atoms with Gasteiger partial charge in [0.15, 0.2) is 11.6 Å². The molecule has 1 saturated heterocycles. The summed E-state index contributed by atoms with van der Waals surface area (Å²) in [5, 5.41) is 13.5. The number of thioether (sulfide) groups is 1.